The Bertz CT molecular complexity index is 621. The standard InChI is InChI=1S/C13H15NO4S/c15-13(16)9-2-1-3-10(6-9)19(17,18)14-12-7-11(12)8-4-5-8/h1-3,6,8,11-12,14H,4-5,7H2,(H,15,16). The Morgan fingerprint density at radius 1 is 1.32 bits per heavy atom. The first kappa shape index (κ1) is 12.6. The first-order valence-electron chi connectivity index (χ1n) is 6.33. The van der Waals surface area contributed by atoms with E-state index in [0.717, 1.165) is 6.42 Å². The van der Waals surface area contributed by atoms with E-state index in [0.29, 0.717) is 11.8 Å². The summed E-state index contributed by atoms with van der Waals surface area (Å²) in [5.41, 5.74) is -0.0163. The van der Waals surface area contributed by atoms with Gasteiger partial charge in [-0.25, -0.2) is 17.9 Å². The summed E-state index contributed by atoms with van der Waals surface area (Å²) in [5.74, 6) is 0.0508. The van der Waals surface area contributed by atoms with Gasteiger partial charge in [-0.3, -0.25) is 0 Å². The van der Waals surface area contributed by atoms with Crippen molar-refractivity contribution in [2.24, 2.45) is 11.8 Å². The lowest BCUT2D eigenvalue weighted by molar-refractivity contribution is 0.0696. The van der Waals surface area contributed by atoms with Crippen molar-refractivity contribution in [1.82, 2.24) is 4.72 Å². The monoisotopic (exact) mass is 281 g/mol. The van der Waals surface area contributed by atoms with Crippen LogP contribution < -0.4 is 4.72 Å². The SMILES string of the molecule is O=C(O)c1cccc(S(=O)(=O)NC2CC2C2CC2)c1. The molecule has 0 heterocycles. The predicted molar refractivity (Wildman–Crippen MR) is 68.3 cm³/mol. The molecule has 2 saturated carbocycles. The Morgan fingerprint density at radius 2 is 2.05 bits per heavy atom. The molecule has 1 aromatic rings. The summed E-state index contributed by atoms with van der Waals surface area (Å²) in [4.78, 5) is 10.9. The van der Waals surface area contributed by atoms with Crippen molar-refractivity contribution in [2.75, 3.05) is 0 Å². The van der Waals surface area contributed by atoms with Gasteiger partial charge in [-0.15, -0.1) is 0 Å². The van der Waals surface area contributed by atoms with Crippen molar-refractivity contribution < 1.29 is 18.3 Å². The van der Waals surface area contributed by atoms with E-state index in [1.54, 1.807) is 0 Å². The van der Waals surface area contributed by atoms with E-state index in [-0.39, 0.29) is 16.5 Å². The Kier molecular flexibility index (Phi) is 2.87. The molecule has 6 heteroatoms. The van der Waals surface area contributed by atoms with Crippen LogP contribution in [0.5, 0.6) is 0 Å². The number of hydrogen-bond acceptors (Lipinski definition) is 3. The lowest BCUT2D eigenvalue weighted by atomic mass is 10.2. The van der Waals surface area contributed by atoms with Crippen LogP contribution in [0, 0.1) is 11.8 Å². The van der Waals surface area contributed by atoms with Gasteiger partial charge in [-0.1, -0.05) is 6.07 Å². The third-order valence-corrected chi connectivity index (χ3v) is 5.25. The first-order chi connectivity index (χ1) is 8.97. The molecule has 0 aromatic heterocycles. The Balaban J connectivity index is 1.76. The highest BCUT2D eigenvalue weighted by Gasteiger charge is 2.49. The van der Waals surface area contributed by atoms with E-state index in [2.05, 4.69) is 4.72 Å². The van der Waals surface area contributed by atoms with Crippen LogP contribution in [0.1, 0.15) is 29.6 Å². The molecular weight excluding hydrogens is 266 g/mol. The van der Waals surface area contributed by atoms with E-state index in [4.69, 9.17) is 5.11 Å². The van der Waals surface area contributed by atoms with Gasteiger partial charge in [-0.05, 0) is 49.3 Å². The molecule has 2 fully saturated rings. The van der Waals surface area contributed by atoms with Gasteiger partial charge in [0.2, 0.25) is 10.0 Å². The molecule has 2 atom stereocenters. The third kappa shape index (κ3) is 2.64. The molecule has 0 amide bonds. The van der Waals surface area contributed by atoms with Crippen LogP contribution in [0.4, 0.5) is 0 Å². The van der Waals surface area contributed by atoms with Crippen LogP contribution in [0.2, 0.25) is 0 Å². The molecule has 0 spiro atoms. The fourth-order valence-corrected chi connectivity index (χ4v) is 3.80. The van der Waals surface area contributed by atoms with Crippen LogP contribution in [-0.4, -0.2) is 25.5 Å². The quantitative estimate of drug-likeness (QED) is 0.856. The number of nitrogens with one attached hydrogen (secondary N) is 1. The first-order valence-corrected chi connectivity index (χ1v) is 7.81. The molecule has 0 radical (unpaired) electrons. The minimum atomic E-state index is -3.61. The van der Waals surface area contributed by atoms with E-state index < -0.39 is 16.0 Å². The zero-order valence-electron chi connectivity index (χ0n) is 10.2. The van der Waals surface area contributed by atoms with Crippen molar-refractivity contribution in [3.05, 3.63) is 29.8 Å². The van der Waals surface area contributed by atoms with Crippen LogP contribution in [0.25, 0.3) is 0 Å². The number of carboxylic acids is 1. The zero-order valence-corrected chi connectivity index (χ0v) is 11.1. The Morgan fingerprint density at radius 3 is 2.68 bits per heavy atom. The van der Waals surface area contributed by atoms with Crippen molar-refractivity contribution in [1.29, 1.82) is 0 Å². The van der Waals surface area contributed by atoms with Gasteiger partial charge in [0, 0.05) is 6.04 Å². The van der Waals surface area contributed by atoms with Crippen LogP contribution in [0.15, 0.2) is 29.2 Å². The molecular formula is C13H15NO4S. The lowest BCUT2D eigenvalue weighted by Crippen LogP contribution is -2.27. The van der Waals surface area contributed by atoms with Crippen LogP contribution in [-0.2, 0) is 10.0 Å². The summed E-state index contributed by atoms with van der Waals surface area (Å²) in [5, 5.41) is 8.88. The van der Waals surface area contributed by atoms with E-state index >= 15 is 0 Å². The molecule has 1 aromatic carbocycles. The van der Waals surface area contributed by atoms with Crippen LogP contribution >= 0.6 is 0 Å². The van der Waals surface area contributed by atoms with E-state index in [9.17, 15) is 13.2 Å². The average Bonchev–Trinajstić information content (AvgIpc) is 3.21. The number of rotatable bonds is 5. The fourth-order valence-electron chi connectivity index (χ4n) is 2.46. The smallest absolute Gasteiger partial charge is 0.335 e. The minimum absolute atomic E-state index is 0.0163. The second-order valence-electron chi connectivity index (χ2n) is 5.30. The van der Waals surface area contributed by atoms with Gasteiger partial charge >= 0.3 is 5.97 Å². The van der Waals surface area contributed by atoms with Crippen molar-refractivity contribution in [3.63, 3.8) is 0 Å². The minimum Gasteiger partial charge on any atom is -0.478 e. The highest BCUT2D eigenvalue weighted by Crippen LogP contribution is 2.50. The summed E-state index contributed by atoms with van der Waals surface area (Å²) < 4.78 is 26.9. The maximum atomic E-state index is 12.1. The van der Waals surface area contributed by atoms with Crippen LogP contribution in [0.3, 0.4) is 0 Å². The largest absolute Gasteiger partial charge is 0.478 e. The molecule has 0 saturated heterocycles. The van der Waals surface area contributed by atoms with E-state index in [1.165, 1.54) is 37.1 Å². The van der Waals surface area contributed by atoms with Gasteiger partial charge in [0.05, 0.1) is 10.5 Å². The van der Waals surface area contributed by atoms with Gasteiger partial charge in [0.1, 0.15) is 0 Å². The summed E-state index contributed by atoms with van der Waals surface area (Å²) in [6.07, 6.45) is 3.32. The Labute approximate surface area is 111 Å². The van der Waals surface area contributed by atoms with Crippen molar-refractivity contribution >= 4 is 16.0 Å². The number of sulfonamides is 1. The molecule has 102 valence electrons. The van der Waals surface area contributed by atoms with Crippen molar-refractivity contribution in [3.8, 4) is 0 Å². The molecule has 2 unspecified atom stereocenters. The second-order valence-corrected chi connectivity index (χ2v) is 7.01. The predicted octanol–water partition coefficient (Wildman–Crippen LogP) is 1.46. The maximum absolute atomic E-state index is 12.1. The van der Waals surface area contributed by atoms with E-state index in [1.807, 2.05) is 0 Å². The number of aromatic carboxylic acids is 1. The summed E-state index contributed by atoms with van der Waals surface area (Å²) in [6.45, 7) is 0. The molecule has 0 bridgehead atoms. The third-order valence-electron chi connectivity index (χ3n) is 3.77. The average molecular weight is 281 g/mol. The van der Waals surface area contributed by atoms with Gasteiger partial charge in [0.25, 0.3) is 0 Å². The van der Waals surface area contributed by atoms with Crippen molar-refractivity contribution in [2.45, 2.75) is 30.2 Å². The topological polar surface area (TPSA) is 83.5 Å². The van der Waals surface area contributed by atoms with Gasteiger partial charge in [-0.2, -0.15) is 0 Å². The summed E-state index contributed by atoms with van der Waals surface area (Å²) in [7, 11) is -3.61. The highest BCUT2D eigenvalue weighted by molar-refractivity contribution is 7.89. The van der Waals surface area contributed by atoms with Gasteiger partial charge < -0.3 is 5.11 Å². The zero-order chi connectivity index (χ0) is 13.6. The summed E-state index contributed by atoms with van der Waals surface area (Å²) in [6, 6.07) is 5.48. The maximum Gasteiger partial charge on any atom is 0.335 e. The number of benzene rings is 1. The second kappa shape index (κ2) is 4.31. The summed E-state index contributed by atoms with van der Waals surface area (Å²) >= 11 is 0. The number of carboxylic acid groups (broad SMARTS) is 1. The normalized spacial score (nSPS) is 26.1. The Hall–Kier alpha value is -1.40. The molecule has 2 aliphatic rings. The number of hydrogen-bond donors (Lipinski definition) is 2. The van der Waals surface area contributed by atoms with Gasteiger partial charge in [0.15, 0.2) is 0 Å². The molecule has 0 aliphatic heterocycles. The number of carbonyl (C=O) groups is 1. The molecule has 3 rings (SSSR count). The fraction of sp³-hybridized carbons (Fsp3) is 0.462. The lowest BCUT2D eigenvalue weighted by Gasteiger charge is -2.07. The molecule has 2 aliphatic carbocycles. The molecule has 19 heavy (non-hydrogen) atoms. The molecule has 5 nitrogen and oxygen atoms in total. The highest BCUT2D eigenvalue weighted by atomic mass is 32.2. The molecule has 2 N–H and O–H groups in total.